The van der Waals surface area contributed by atoms with E-state index >= 15 is 0 Å². The summed E-state index contributed by atoms with van der Waals surface area (Å²) in [5.41, 5.74) is 3.07. The number of ether oxygens (including phenoxy) is 2. The molecule has 13 heteroatoms. The Hall–Kier alpha value is -4.31. The van der Waals surface area contributed by atoms with E-state index in [9.17, 15) is 10.1 Å². The molecule has 1 aliphatic rings. The fourth-order valence-corrected chi connectivity index (χ4v) is 3.94. The second-order valence-corrected chi connectivity index (χ2v) is 11.1. The van der Waals surface area contributed by atoms with Gasteiger partial charge in [0, 0.05) is 44.2 Å². The van der Waals surface area contributed by atoms with Crippen LogP contribution in [-0.2, 0) is 9.53 Å². The Balaban J connectivity index is 0.000000928. The van der Waals surface area contributed by atoms with E-state index in [-0.39, 0.29) is 17.7 Å². The summed E-state index contributed by atoms with van der Waals surface area (Å²) >= 11 is 0. The highest BCUT2D eigenvalue weighted by Gasteiger charge is 2.22. The lowest BCUT2D eigenvalue weighted by atomic mass is 10.0. The molecule has 2 aromatic rings. The molecular formula is C29H44N10O3. The summed E-state index contributed by atoms with van der Waals surface area (Å²) in [5.74, 6) is 11.8. The first kappa shape index (κ1) is 33.9. The van der Waals surface area contributed by atoms with Crippen LogP contribution in [0.1, 0.15) is 72.4 Å². The molecule has 42 heavy (non-hydrogen) atoms. The third-order valence-electron chi connectivity index (χ3n) is 6.45. The lowest BCUT2D eigenvalue weighted by Gasteiger charge is -2.27. The number of aromatic nitrogens is 2. The molecule has 1 atom stereocenters. The molecule has 4 N–H and O–H groups in total. The van der Waals surface area contributed by atoms with Crippen molar-refractivity contribution in [2.45, 2.75) is 85.1 Å². The van der Waals surface area contributed by atoms with Crippen molar-refractivity contribution in [3.63, 3.8) is 0 Å². The van der Waals surface area contributed by atoms with Crippen LogP contribution in [-0.4, -0.2) is 88.3 Å². The summed E-state index contributed by atoms with van der Waals surface area (Å²) in [4.78, 5) is 21.9. The average molecular weight is 581 g/mol. The van der Waals surface area contributed by atoms with Crippen molar-refractivity contribution < 1.29 is 14.3 Å². The molecule has 1 saturated heterocycles. The minimum atomic E-state index is -0.561. The first-order valence-electron chi connectivity index (χ1n) is 13.8. The lowest BCUT2D eigenvalue weighted by Crippen LogP contribution is -2.34. The Bertz CT molecular complexity index is 1350. The number of likely N-dealkylation sites (tertiary alicyclic amines) is 1. The van der Waals surface area contributed by atoms with Crippen LogP contribution in [0.15, 0.2) is 38.6 Å². The van der Waals surface area contributed by atoms with Gasteiger partial charge in [0.15, 0.2) is 0 Å². The van der Waals surface area contributed by atoms with Gasteiger partial charge in [-0.25, -0.2) is 4.52 Å². The van der Waals surface area contributed by atoms with Crippen LogP contribution in [0.2, 0.25) is 0 Å². The van der Waals surface area contributed by atoms with Gasteiger partial charge in [-0.2, -0.15) is 20.6 Å². The van der Waals surface area contributed by atoms with Crippen molar-refractivity contribution >= 4 is 35.3 Å². The summed E-state index contributed by atoms with van der Waals surface area (Å²) < 4.78 is 12.7. The van der Waals surface area contributed by atoms with Gasteiger partial charge in [0.05, 0.1) is 23.6 Å². The number of rotatable bonds is 9. The van der Waals surface area contributed by atoms with Gasteiger partial charge >= 0.3 is 0 Å². The fourth-order valence-electron chi connectivity index (χ4n) is 3.94. The maximum atomic E-state index is 11.0. The van der Waals surface area contributed by atoms with Gasteiger partial charge in [-0.05, 0) is 67.4 Å². The SMILES string of the molecule is CC(=NC1CCN(C=O)CC1)/C(=N\N)c1cc(OC(C)/C(C=NC(C)C)=N/N)c2c(C#N)cnn2c1.COC(C)(C)C. The Morgan fingerprint density at radius 2 is 1.86 bits per heavy atom. The second kappa shape index (κ2) is 15.6. The largest absolute Gasteiger partial charge is 0.482 e. The number of nitriles is 1. The third kappa shape index (κ3) is 9.66. The number of hydrogen-bond acceptors (Lipinski definition) is 11. The maximum Gasteiger partial charge on any atom is 0.209 e. The first-order chi connectivity index (χ1) is 19.9. The molecule has 1 aliphatic heterocycles. The first-order valence-corrected chi connectivity index (χ1v) is 13.8. The number of fused-ring (bicyclic) bond motifs is 1. The topological polar surface area (TPSA) is 181 Å². The normalized spacial score (nSPS) is 16.4. The summed E-state index contributed by atoms with van der Waals surface area (Å²) in [7, 11) is 1.71. The van der Waals surface area contributed by atoms with Gasteiger partial charge in [0.2, 0.25) is 6.41 Å². The number of carbonyl (C=O) groups is 1. The molecule has 228 valence electrons. The predicted octanol–water partition coefficient (Wildman–Crippen LogP) is 2.94. The standard InChI is InChI=1S/C24H32N10O2.C5H12O/c1-15(2)28-12-21(31-26)17(4)36-22-9-18(13-34-24(22)19(10-25)11-29-34)23(32-27)16(3)30-20-5-7-33(14-35)8-6-20;1-5(2,3)6-4/h9,11-15,17,20H,5-8,26-27H2,1-4H3;1-4H3/b28-12?,30-16?,31-21+,32-23+;. The van der Waals surface area contributed by atoms with Gasteiger partial charge in [0.25, 0.3) is 0 Å². The monoisotopic (exact) mass is 580 g/mol. The van der Waals surface area contributed by atoms with Crippen LogP contribution >= 0.6 is 0 Å². The molecule has 2 aromatic heterocycles. The van der Waals surface area contributed by atoms with E-state index < -0.39 is 6.10 Å². The molecular weight excluding hydrogens is 536 g/mol. The van der Waals surface area contributed by atoms with Crippen molar-refractivity contribution in [2.75, 3.05) is 20.2 Å². The number of aliphatic imine (C=N–C) groups is 2. The van der Waals surface area contributed by atoms with Gasteiger partial charge in [-0.1, -0.05) is 0 Å². The lowest BCUT2D eigenvalue weighted by molar-refractivity contribution is -0.119. The summed E-state index contributed by atoms with van der Waals surface area (Å²) in [6, 6.07) is 4.03. The van der Waals surface area contributed by atoms with Gasteiger partial charge in [-0.3, -0.25) is 14.8 Å². The second-order valence-electron chi connectivity index (χ2n) is 11.1. The average Bonchev–Trinajstić information content (AvgIpc) is 3.37. The van der Waals surface area contributed by atoms with Gasteiger partial charge < -0.3 is 26.1 Å². The van der Waals surface area contributed by atoms with Crippen molar-refractivity contribution in [3.05, 3.63) is 29.6 Å². The van der Waals surface area contributed by atoms with Crippen LogP contribution in [0.4, 0.5) is 0 Å². The minimum absolute atomic E-state index is 0.0417. The van der Waals surface area contributed by atoms with Crippen molar-refractivity contribution in [1.29, 1.82) is 5.26 Å². The molecule has 0 spiro atoms. The number of carbonyl (C=O) groups excluding carboxylic acids is 1. The number of hydrazone groups is 2. The number of amides is 1. The number of methoxy groups -OCH3 is 1. The molecule has 0 saturated carbocycles. The van der Waals surface area contributed by atoms with Crippen LogP contribution in [0.25, 0.3) is 5.52 Å². The van der Waals surface area contributed by atoms with E-state index in [1.54, 1.807) is 41.9 Å². The highest BCUT2D eigenvalue weighted by atomic mass is 16.5. The zero-order valence-corrected chi connectivity index (χ0v) is 25.9. The van der Waals surface area contributed by atoms with Crippen molar-refractivity contribution in [3.8, 4) is 11.8 Å². The minimum Gasteiger partial charge on any atom is -0.482 e. The van der Waals surface area contributed by atoms with Crippen LogP contribution in [0.5, 0.6) is 5.75 Å². The van der Waals surface area contributed by atoms with E-state index in [0.29, 0.717) is 52.6 Å². The number of piperidine rings is 1. The van der Waals surface area contributed by atoms with Crippen LogP contribution < -0.4 is 16.4 Å². The van der Waals surface area contributed by atoms with Crippen molar-refractivity contribution in [1.82, 2.24) is 14.5 Å². The molecule has 1 unspecified atom stereocenters. The van der Waals surface area contributed by atoms with E-state index in [1.807, 2.05) is 41.5 Å². The Morgan fingerprint density at radius 3 is 2.36 bits per heavy atom. The number of pyridine rings is 1. The Labute approximate surface area is 248 Å². The van der Waals surface area contributed by atoms with Crippen LogP contribution in [0.3, 0.4) is 0 Å². The van der Waals surface area contributed by atoms with E-state index in [0.717, 1.165) is 19.3 Å². The van der Waals surface area contributed by atoms with E-state index in [2.05, 4.69) is 26.4 Å². The fraction of sp³-hybridized carbons (Fsp3) is 0.552. The predicted molar refractivity (Wildman–Crippen MR) is 167 cm³/mol. The quantitative estimate of drug-likeness (QED) is 0.198. The molecule has 1 fully saturated rings. The summed E-state index contributed by atoms with van der Waals surface area (Å²) in [6.45, 7) is 14.9. The highest BCUT2D eigenvalue weighted by molar-refractivity contribution is 6.47. The molecule has 3 rings (SSSR count). The molecule has 0 aliphatic carbocycles. The Kier molecular flexibility index (Phi) is 12.6. The highest BCUT2D eigenvalue weighted by Crippen LogP contribution is 2.27. The van der Waals surface area contributed by atoms with Crippen molar-refractivity contribution in [2.24, 2.45) is 31.9 Å². The number of nitrogens with zero attached hydrogens (tertiary/aromatic N) is 8. The van der Waals surface area contributed by atoms with E-state index in [4.69, 9.17) is 26.2 Å². The van der Waals surface area contributed by atoms with Crippen LogP contribution in [0, 0.1) is 11.3 Å². The Morgan fingerprint density at radius 1 is 1.21 bits per heavy atom. The van der Waals surface area contributed by atoms with E-state index in [1.165, 1.54) is 6.20 Å². The zero-order chi connectivity index (χ0) is 31.4. The van der Waals surface area contributed by atoms with Gasteiger partial charge in [0.1, 0.15) is 40.4 Å². The maximum absolute atomic E-state index is 11.0. The van der Waals surface area contributed by atoms with Gasteiger partial charge in [-0.15, -0.1) is 0 Å². The summed E-state index contributed by atoms with van der Waals surface area (Å²) in [5, 5.41) is 21.7. The number of nitrogens with two attached hydrogens (primary N) is 2. The molecule has 13 nitrogen and oxygen atoms in total. The molecule has 0 bridgehead atoms. The zero-order valence-electron chi connectivity index (χ0n) is 25.9. The molecule has 3 heterocycles. The smallest absolute Gasteiger partial charge is 0.209 e. The number of hydrogen-bond donors (Lipinski definition) is 2. The molecule has 0 aromatic carbocycles. The third-order valence-corrected chi connectivity index (χ3v) is 6.45. The molecule has 0 radical (unpaired) electrons. The summed E-state index contributed by atoms with van der Waals surface area (Å²) in [6.07, 6.45) is 6.62. The molecule has 1 amide bonds.